The fourth-order valence-corrected chi connectivity index (χ4v) is 2.47. The van der Waals surface area contributed by atoms with Crippen molar-refractivity contribution in [1.29, 1.82) is 0 Å². The summed E-state index contributed by atoms with van der Waals surface area (Å²) in [6.07, 6.45) is -2.20. The Labute approximate surface area is 146 Å². The monoisotopic (exact) mass is 358 g/mol. The lowest BCUT2D eigenvalue weighted by Crippen LogP contribution is -2.25. The number of hydrogen-bond donors (Lipinski definition) is 1. The number of nitrogens with zero attached hydrogens (tertiary/aromatic N) is 3. The van der Waals surface area contributed by atoms with Crippen molar-refractivity contribution in [1.82, 2.24) is 15.0 Å². The molecule has 0 radical (unpaired) electrons. The first-order valence-electron chi connectivity index (χ1n) is 7.64. The van der Waals surface area contributed by atoms with Crippen LogP contribution >= 0.6 is 0 Å². The molecule has 0 spiro atoms. The molecule has 0 atom stereocenters. The largest absolute Gasteiger partial charge is 0.586 e. The molecule has 0 saturated carbocycles. The van der Waals surface area contributed by atoms with Crippen molar-refractivity contribution in [3.05, 3.63) is 66.0 Å². The molecule has 0 aliphatic carbocycles. The summed E-state index contributed by atoms with van der Waals surface area (Å²) in [4.78, 5) is 12.3. The van der Waals surface area contributed by atoms with Gasteiger partial charge >= 0.3 is 6.29 Å². The van der Waals surface area contributed by atoms with Gasteiger partial charge in [0.1, 0.15) is 0 Å². The van der Waals surface area contributed by atoms with Gasteiger partial charge in [-0.15, -0.1) is 13.9 Å². The number of nitrogens with one attached hydrogen (secondary N) is 1. The van der Waals surface area contributed by atoms with Crippen LogP contribution in [0.4, 0.5) is 14.5 Å². The van der Waals surface area contributed by atoms with Crippen LogP contribution in [-0.2, 0) is 6.54 Å². The van der Waals surface area contributed by atoms with E-state index in [1.54, 1.807) is 0 Å². The Morgan fingerprint density at radius 2 is 1.88 bits per heavy atom. The van der Waals surface area contributed by atoms with Crippen molar-refractivity contribution in [2.45, 2.75) is 12.8 Å². The average Bonchev–Trinajstić information content (AvgIpc) is 3.18. The van der Waals surface area contributed by atoms with E-state index in [1.807, 2.05) is 30.3 Å². The first-order chi connectivity index (χ1) is 12.5. The number of carbonyl (C=O) groups excluding carboxylic acids is 1. The summed E-state index contributed by atoms with van der Waals surface area (Å²) in [6.45, 7) is 0.472. The van der Waals surface area contributed by atoms with Crippen LogP contribution in [0.1, 0.15) is 16.1 Å². The lowest BCUT2D eigenvalue weighted by Gasteiger charge is -2.04. The minimum atomic E-state index is -3.70. The fraction of sp³-hybridized carbons (Fsp3) is 0.118. The zero-order valence-electron chi connectivity index (χ0n) is 13.2. The second kappa shape index (κ2) is 6.10. The van der Waals surface area contributed by atoms with E-state index in [0.717, 1.165) is 5.56 Å². The van der Waals surface area contributed by atoms with Crippen LogP contribution in [0.3, 0.4) is 0 Å². The summed E-state index contributed by atoms with van der Waals surface area (Å²) < 4.78 is 36.2. The van der Waals surface area contributed by atoms with Gasteiger partial charge < -0.3 is 14.8 Å². The predicted octanol–water partition coefficient (Wildman–Crippen LogP) is 2.90. The maximum Gasteiger partial charge on any atom is 0.586 e. The van der Waals surface area contributed by atoms with E-state index in [1.165, 1.54) is 29.1 Å². The van der Waals surface area contributed by atoms with E-state index >= 15 is 0 Å². The van der Waals surface area contributed by atoms with Crippen LogP contribution in [0, 0.1) is 0 Å². The Morgan fingerprint density at radius 3 is 2.69 bits per heavy atom. The molecule has 2 heterocycles. The zero-order chi connectivity index (χ0) is 18.1. The molecular formula is C17H12F2N4O3. The van der Waals surface area contributed by atoms with Gasteiger partial charge in [-0.3, -0.25) is 4.79 Å². The molecule has 0 bridgehead atoms. The Morgan fingerprint density at radius 1 is 1.12 bits per heavy atom. The summed E-state index contributed by atoms with van der Waals surface area (Å²) in [6, 6.07) is 13.6. The predicted molar refractivity (Wildman–Crippen MR) is 86.2 cm³/mol. The molecule has 3 aromatic rings. The molecule has 4 rings (SSSR count). The normalized spacial score (nSPS) is 14.2. The van der Waals surface area contributed by atoms with Gasteiger partial charge in [0.25, 0.3) is 5.91 Å². The molecule has 132 valence electrons. The van der Waals surface area contributed by atoms with Crippen molar-refractivity contribution in [2.75, 3.05) is 5.32 Å². The number of alkyl halides is 2. The van der Waals surface area contributed by atoms with Gasteiger partial charge in [-0.05, 0) is 17.7 Å². The zero-order valence-corrected chi connectivity index (χ0v) is 13.2. The van der Waals surface area contributed by atoms with Gasteiger partial charge in [0.05, 0.1) is 12.7 Å². The Kier molecular flexibility index (Phi) is 3.76. The molecular weight excluding hydrogens is 346 g/mol. The van der Waals surface area contributed by atoms with Crippen LogP contribution in [0.15, 0.2) is 54.7 Å². The number of fused-ring (bicyclic) bond motifs is 1. The molecule has 2 aromatic carbocycles. The number of anilines is 1. The minimum absolute atomic E-state index is 0.0956. The molecule has 1 amide bonds. The molecule has 1 aliphatic rings. The van der Waals surface area contributed by atoms with E-state index in [-0.39, 0.29) is 22.9 Å². The highest BCUT2D eigenvalue weighted by Gasteiger charge is 2.43. The first kappa shape index (κ1) is 16.0. The second-order valence-corrected chi connectivity index (χ2v) is 5.57. The highest BCUT2D eigenvalue weighted by Crippen LogP contribution is 2.42. The van der Waals surface area contributed by atoms with E-state index < -0.39 is 12.2 Å². The van der Waals surface area contributed by atoms with Crippen molar-refractivity contribution in [3.63, 3.8) is 0 Å². The van der Waals surface area contributed by atoms with Gasteiger partial charge in [-0.2, -0.15) is 0 Å². The van der Waals surface area contributed by atoms with Crippen LogP contribution < -0.4 is 14.8 Å². The third-order valence-electron chi connectivity index (χ3n) is 3.62. The number of ether oxygens (including phenoxy) is 2. The number of rotatable bonds is 4. The number of halogens is 2. The van der Waals surface area contributed by atoms with Gasteiger partial charge in [0, 0.05) is 11.8 Å². The molecule has 0 fully saturated rings. The highest BCUT2D eigenvalue weighted by atomic mass is 19.3. The van der Waals surface area contributed by atoms with E-state index in [2.05, 4.69) is 25.1 Å². The lowest BCUT2D eigenvalue weighted by molar-refractivity contribution is -0.286. The summed E-state index contributed by atoms with van der Waals surface area (Å²) >= 11 is 0. The topological polar surface area (TPSA) is 78.3 Å². The Bertz CT molecular complexity index is 960. The standard InChI is InChI=1S/C17H12F2N4O3/c18-17(19)25-14-7-6-12(8-15(14)26-17)20-16(24)13-10-23(22-21-13)9-11-4-2-1-3-5-11/h1-8,10H,9H2,(H,20,24). The fourth-order valence-electron chi connectivity index (χ4n) is 2.47. The SMILES string of the molecule is O=C(Nc1ccc2c(c1)OC(F)(F)O2)c1cn(Cc2ccccc2)nn1. The van der Waals surface area contributed by atoms with E-state index in [4.69, 9.17) is 0 Å². The third-order valence-corrected chi connectivity index (χ3v) is 3.62. The summed E-state index contributed by atoms with van der Waals surface area (Å²) in [7, 11) is 0. The first-order valence-corrected chi connectivity index (χ1v) is 7.64. The summed E-state index contributed by atoms with van der Waals surface area (Å²) in [5.74, 6) is -0.766. The Hall–Kier alpha value is -3.49. The van der Waals surface area contributed by atoms with Gasteiger partial charge in [0.2, 0.25) is 0 Å². The lowest BCUT2D eigenvalue weighted by atomic mass is 10.2. The molecule has 1 aliphatic heterocycles. The van der Waals surface area contributed by atoms with Crippen molar-refractivity contribution < 1.29 is 23.0 Å². The average molecular weight is 358 g/mol. The van der Waals surface area contributed by atoms with Crippen molar-refractivity contribution >= 4 is 11.6 Å². The maximum absolute atomic E-state index is 13.0. The van der Waals surface area contributed by atoms with E-state index in [0.29, 0.717) is 6.54 Å². The van der Waals surface area contributed by atoms with Gasteiger partial charge in [-0.1, -0.05) is 35.5 Å². The molecule has 9 heteroatoms. The summed E-state index contributed by atoms with van der Waals surface area (Å²) in [5.41, 5.74) is 1.39. The summed E-state index contributed by atoms with van der Waals surface area (Å²) in [5, 5.41) is 10.3. The van der Waals surface area contributed by atoms with Crippen LogP contribution in [0.2, 0.25) is 0 Å². The molecule has 26 heavy (non-hydrogen) atoms. The van der Waals surface area contributed by atoms with Crippen LogP contribution in [0.5, 0.6) is 11.5 Å². The minimum Gasteiger partial charge on any atom is -0.395 e. The Balaban J connectivity index is 1.45. The molecule has 1 aromatic heterocycles. The number of hydrogen-bond acceptors (Lipinski definition) is 5. The molecule has 1 N–H and O–H groups in total. The smallest absolute Gasteiger partial charge is 0.395 e. The van der Waals surface area contributed by atoms with Gasteiger partial charge in [-0.25, -0.2) is 4.68 Å². The maximum atomic E-state index is 13.0. The number of aromatic nitrogens is 3. The number of amides is 1. The van der Waals surface area contributed by atoms with Crippen LogP contribution in [0.25, 0.3) is 0 Å². The number of carbonyl (C=O) groups is 1. The molecule has 7 nitrogen and oxygen atoms in total. The highest BCUT2D eigenvalue weighted by molar-refractivity contribution is 6.02. The van der Waals surface area contributed by atoms with Crippen molar-refractivity contribution in [2.24, 2.45) is 0 Å². The quantitative estimate of drug-likeness (QED) is 0.776. The molecule has 0 saturated heterocycles. The molecule has 0 unspecified atom stereocenters. The second-order valence-electron chi connectivity index (χ2n) is 5.57. The van der Waals surface area contributed by atoms with Gasteiger partial charge in [0.15, 0.2) is 17.2 Å². The van der Waals surface area contributed by atoms with E-state index in [9.17, 15) is 13.6 Å². The number of benzene rings is 2. The van der Waals surface area contributed by atoms with Crippen molar-refractivity contribution in [3.8, 4) is 11.5 Å². The third kappa shape index (κ3) is 3.32. The van der Waals surface area contributed by atoms with Crippen LogP contribution in [-0.4, -0.2) is 27.2 Å².